The van der Waals surface area contributed by atoms with Gasteiger partial charge in [0.2, 0.25) is 5.91 Å². The van der Waals surface area contributed by atoms with Gasteiger partial charge in [-0.2, -0.15) is 0 Å². The van der Waals surface area contributed by atoms with Gasteiger partial charge in [-0.05, 0) is 12.1 Å². The molecule has 0 aromatic heterocycles. The Morgan fingerprint density at radius 3 is 2.62 bits per heavy atom. The van der Waals surface area contributed by atoms with Crippen LogP contribution in [0.3, 0.4) is 0 Å². The van der Waals surface area contributed by atoms with Gasteiger partial charge >= 0.3 is 6.03 Å². The first-order chi connectivity index (χ1) is 10.1. The number of para-hydroxylation sites is 1. The molecule has 1 aliphatic rings. The van der Waals surface area contributed by atoms with Crippen molar-refractivity contribution in [3.05, 3.63) is 30.3 Å². The van der Waals surface area contributed by atoms with Gasteiger partial charge in [0.25, 0.3) is 5.91 Å². The van der Waals surface area contributed by atoms with E-state index in [0.29, 0.717) is 13.2 Å². The Morgan fingerprint density at radius 2 is 2.00 bits per heavy atom. The van der Waals surface area contributed by atoms with E-state index in [4.69, 9.17) is 4.74 Å². The van der Waals surface area contributed by atoms with Gasteiger partial charge in [0, 0.05) is 7.05 Å². The molecule has 112 valence electrons. The third kappa shape index (κ3) is 4.20. The Labute approximate surface area is 122 Å². The summed E-state index contributed by atoms with van der Waals surface area (Å²) in [5.74, 6) is 0.0390. The Balaban J connectivity index is 1.73. The summed E-state index contributed by atoms with van der Waals surface area (Å²) in [6.07, 6.45) is -0.0561. The van der Waals surface area contributed by atoms with E-state index in [2.05, 4.69) is 10.6 Å². The van der Waals surface area contributed by atoms with Crippen LogP contribution in [0.1, 0.15) is 6.42 Å². The van der Waals surface area contributed by atoms with Crippen LogP contribution >= 0.6 is 0 Å². The number of benzene rings is 1. The molecule has 1 fully saturated rings. The lowest BCUT2D eigenvalue weighted by Gasteiger charge is -2.18. The summed E-state index contributed by atoms with van der Waals surface area (Å²) in [6.45, 7) is 0.755. The molecule has 1 atom stereocenters. The van der Waals surface area contributed by atoms with Crippen molar-refractivity contribution in [2.75, 3.05) is 20.2 Å². The van der Waals surface area contributed by atoms with E-state index in [1.165, 1.54) is 4.90 Å². The van der Waals surface area contributed by atoms with E-state index in [1.807, 2.05) is 30.3 Å². The smallest absolute Gasteiger partial charge is 0.322 e. The molecule has 1 aliphatic heterocycles. The maximum absolute atomic E-state index is 11.9. The molecule has 0 unspecified atom stereocenters. The number of hydrogen-bond acceptors (Lipinski definition) is 4. The second-order valence-electron chi connectivity index (χ2n) is 4.70. The zero-order valence-electron chi connectivity index (χ0n) is 11.7. The van der Waals surface area contributed by atoms with Crippen molar-refractivity contribution in [3.8, 4) is 5.75 Å². The zero-order chi connectivity index (χ0) is 15.2. The van der Waals surface area contributed by atoms with Crippen LogP contribution in [0.25, 0.3) is 0 Å². The third-order valence-electron chi connectivity index (χ3n) is 3.10. The highest BCUT2D eigenvalue weighted by atomic mass is 16.5. The Kier molecular flexibility index (Phi) is 4.76. The van der Waals surface area contributed by atoms with Gasteiger partial charge < -0.3 is 15.0 Å². The molecule has 0 saturated carbocycles. The summed E-state index contributed by atoms with van der Waals surface area (Å²) in [6, 6.07) is 7.94. The number of imide groups is 1. The summed E-state index contributed by atoms with van der Waals surface area (Å²) in [7, 11) is 1.63. The number of carbonyl (C=O) groups is 3. The molecule has 1 heterocycles. The first-order valence-corrected chi connectivity index (χ1v) is 6.59. The predicted octanol–water partition coefficient (Wildman–Crippen LogP) is 0.122. The molecule has 21 heavy (non-hydrogen) atoms. The van der Waals surface area contributed by atoms with Crippen molar-refractivity contribution in [2.45, 2.75) is 12.5 Å². The van der Waals surface area contributed by atoms with E-state index in [0.717, 1.165) is 5.75 Å². The SMILES string of the molecule is CN(CCOc1ccccc1)C(=O)C[C@@H]1NC(=O)NC1=O. The van der Waals surface area contributed by atoms with E-state index >= 15 is 0 Å². The minimum atomic E-state index is -0.789. The zero-order valence-corrected chi connectivity index (χ0v) is 11.7. The van der Waals surface area contributed by atoms with Crippen molar-refractivity contribution < 1.29 is 19.1 Å². The number of rotatable bonds is 6. The fourth-order valence-corrected chi connectivity index (χ4v) is 1.87. The molecule has 0 bridgehead atoms. The monoisotopic (exact) mass is 291 g/mol. The number of nitrogens with one attached hydrogen (secondary N) is 2. The lowest BCUT2D eigenvalue weighted by molar-refractivity contribution is -0.133. The molecule has 4 amide bonds. The summed E-state index contributed by atoms with van der Waals surface area (Å²) in [5.41, 5.74) is 0. The van der Waals surface area contributed by atoms with Crippen LogP contribution in [0.15, 0.2) is 30.3 Å². The number of carbonyl (C=O) groups excluding carboxylic acids is 3. The molecule has 0 aliphatic carbocycles. The van der Waals surface area contributed by atoms with Crippen molar-refractivity contribution in [1.82, 2.24) is 15.5 Å². The minimum Gasteiger partial charge on any atom is -0.492 e. The van der Waals surface area contributed by atoms with E-state index in [-0.39, 0.29) is 12.3 Å². The molecule has 7 heteroatoms. The Morgan fingerprint density at radius 1 is 1.29 bits per heavy atom. The molecule has 2 rings (SSSR count). The maximum Gasteiger partial charge on any atom is 0.322 e. The standard InChI is InChI=1S/C14H17N3O4/c1-17(7-8-21-10-5-3-2-4-6-10)12(18)9-11-13(19)16-14(20)15-11/h2-6,11H,7-9H2,1H3,(H2,15,16,19,20)/t11-/m0/s1. The Hall–Kier alpha value is -2.57. The van der Waals surface area contributed by atoms with Crippen molar-refractivity contribution in [3.63, 3.8) is 0 Å². The van der Waals surface area contributed by atoms with E-state index < -0.39 is 18.0 Å². The molecular weight excluding hydrogens is 274 g/mol. The predicted molar refractivity (Wildman–Crippen MR) is 74.7 cm³/mol. The minimum absolute atomic E-state index is 0.0561. The van der Waals surface area contributed by atoms with Crippen LogP contribution in [0.5, 0.6) is 5.75 Å². The topological polar surface area (TPSA) is 87.7 Å². The number of likely N-dealkylation sites (N-methyl/N-ethyl adjacent to an activating group) is 1. The number of hydrogen-bond donors (Lipinski definition) is 2. The van der Waals surface area contributed by atoms with E-state index in [1.54, 1.807) is 7.05 Å². The Bertz CT molecular complexity index is 532. The highest BCUT2D eigenvalue weighted by molar-refractivity contribution is 6.05. The molecule has 2 N–H and O–H groups in total. The van der Waals surface area contributed by atoms with Crippen LogP contribution in [0, 0.1) is 0 Å². The molecule has 1 aromatic carbocycles. The normalized spacial score (nSPS) is 17.1. The number of urea groups is 1. The lowest BCUT2D eigenvalue weighted by Crippen LogP contribution is -2.38. The quantitative estimate of drug-likeness (QED) is 0.729. The lowest BCUT2D eigenvalue weighted by atomic mass is 10.2. The summed E-state index contributed by atoms with van der Waals surface area (Å²) < 4.78 is 5.49. The molecule has 0 spiro atoms. The van der Waals surface area contributed by atoms with Crippen molar-refractivity contribution in [2.24, 2.45) is 0 Å². The molecular formula is C14H17N3O4. The average Bonchev–Trinajstić information content (AvgIpc) is 2.78. The van der Waals surface area contributed by atoms with Crippen LogP contribution in [0.2, 0.25) is 0 Å². The van der Waals surface area contributed by atoms with Gasteiger partial charge in [0.05, 0.1) is 13.0 Å². The van der Waals surface area contributed by atoms with Crippen LogP contribution in [-0.4, -0.2) is 49.0 Å². The van der Waals surface area contributed by atoms with Gasteiger partial charge in [0.1, 0.15) is 18.4 Å². The second kappa shape index (κ2) is 6.74. The number of nitrogens with zero attached hydrogens (tertiary/aromatic N) is 1. The summed E-state index contributed by atoms with van der Waals surface area (Å²) in [4.78, 5) is 35.7. The first kappa shape index (κ1) is 14.8. The molecule has 1 aromatic rings. The highest BCUT2D eigenvalue weighted by Crippen LogP contribution is 2.08. The molecule has 0 radical (unpaired) electrons. The van der Waals surface area contributed by atoms with Crippen LogP contribution in [0.4, 0.5) is 4.79 Å². The van der Waals surface area contributed by atoms with Crippen LogP contribution < -0.4 is 15.4 Å². The van der Waals surface area contributed by atoms with Gasteiger partial charge in [-0.1, -0.05) is 18.2 Å². The van der Waals surface area contributed by atoms with Gasteiger partial charge in [-0.25, -0.2) is 4.79 Å². The second-order valence-corrected chi connectivity index (χ2v) is 4.70. The fourth-order valence-electron chi connectivity index (χ4n) is 1.87. The first-order valence-electron chi connectivity index (χ1n) is 6.59. The van der Waals surface area contributed by atoms with Gasteiger partial charge in [-0.3, -0.25) is 14.9 Å². The fraction of sp³-hybridized carbons (Fsp3) is 0.357. The van der Waals surface area contributed by atoms with Gasteiger partial charge in [0.15, 0.2) is 0 Å². The number of ether oxygens (including phenoxy) is 1. The number of amides is 4. The van der Waals surface area contributed by atoms with E-state index in [9.17, 15) is 14.4 Å². The maximum atomic E-state index is 11.9. The van der Waals surface area contributed by atoms with Crippen molar-refractivity contribution in [1.29, 1.82) is 0 Å². The third-order valence-corrected chi connectivity index (χ3v) is 3.10. The average molecular weight is 291 g/mol. The van der Waals surface area contributed by atoms with Crippen LogP contribution in [-0.2, 0) is 9.59 Å². The highest BCUT2D eigenvalue weighted by Gasteiger charge is 2.31. The molecule has 7 nitrogen and oxygen atoms in total. The van der Waals surface area contributed by atoms with Crippen molar-refractivity contribution >= 4 is 17.8 Å². The summed E-state index contributed by atoms with van der Waals surface area (Å²) >= 11 is 0. The molecule has 1 saturated heterocycles. The summed E-state index contributed by atoms with van der Waals surface area (Å²) in [5, 5.41) is 4.48. The largest absolute Gasteiger partial charge is 0.492 e. The van der Waals surface area contributed by atoms with Gasteiger partial charge in [-0.15, -0.1) is 0 Å².